The van der Waals surface area contributed by atoms with E-state index in [0.29, 0.717) is 18.2 Å². The molecule has 4 aromatic rings. The van der Waals surface area contributed by atoms with Gasteiger partial charge in [0, 0.05) is 17.6 Å². The molecule has 0 atom stereocenters. The molecule has 0 aliphatic heterocycles. The zero-order chi connectivity index (χ0) is 22.1. The van der Waals surface area contributed by atoms with Crippen molar-refractivity contribution in [3.63, 3.8) is 0 Å². The molecule has 1 N–H and O–H groups in total. The predicted molar refractivity (Wildman–Crippen MR) is 129 cm³/mol. The van der Waals surface area contributed by atoms with E-state index < -0.39 is 0 Å². The maximum Gasteiger partial charge on any atom is 0.342 e. The number of para-hydroxylation sites is 1. The molecular formula is C27H29N3O2. The molecule has 5 rings (SSSR count). The summed E-state index contributed by atoms with van der Waals surface area (Å²) in [5, 5.41) is 4.85. The number of esters is 1. The lowest BCUT2D eigenvalue weighted by molar-refractivity contribution is 0.0530. The average molecular weight is 428 g/mol. The number of aromatic nitrogens is 2. The predicted octanol–water partition coefficient (Wildman–Crippen LogP) is 6.38. The number of fused-ring (bicyclic) bond motifs is 2. The van der Waals surface area contributed by atoms with Crippen LogP contribution in [0.25, 0.3) is 27.8 Å². The second kappa shape index (κ2) is 8.65. The molecule has 0 bridgehead atoms. The third-order valence-electron chi connectivity index (χ3n) is 6.37. The molecular weight excluding hydrogens is 398 g/mol. The maximum atomic E-state index is 13.2. The smallest absolute Gasteiger partial charge is 0.342 e. The van der Waals surface area contributed by atoms with Gasteiger partial charge in [0.15, 0.2) is 0 Å². The molecule has 164 valence electrons. The first-order valence-corrected chi connectivity index (χ1v) is 11.6. The van der Waals surface area contributed by atoms with E-state index >= 15 is 0 Å². The molecule has 1 aliphatic carbocycles. The monoisotopic (exact) mass is 427 g/mol. The maximum absolute atomic E-state index is 13.2. The highest BCUT2D eigenvalue weighted by molar-refractivity contribution is 6.08. The van der Waals surface area contributed by atoms with Crippen LogP contribution in [0.1, 0.15) is 54.9 Å². The number of carbonyl (C=O) groups is 1. The van der Waals surface area contributed by atoms with Gasteiger partial charge in [-0.1, -0.05) is 43.5 Å². The number of hydrogen-bond donors (Lipinski definition) is 1. The molecule has 0 spiro atoms. The van der Waals surface area contributed by atoms with E-state index in [4.69, 9.17) is 9.72 Å². The van der Waals surface area contributed by atoms with Gasteiger partial charge in [-0.15, -0.1) is 0 Å². The lowest BCUT2D eigenvalue weighted by Gasteiger charge is -2.24. The fourth-order valence-electron chi connectivity index (χ4n) is 4.81. The van der Waals surface area contributed by atoms with Crippen molar-refractivity contribution in [1.29, 1.82) is 0 Å². The van der Waals surface area contributed by atoms with Crippen LogP contribution in [0, 0.1) is 6.92 Å². The number of carbonyl (C=O) groups excluding carboxylic acids is 1. The molecule has 0 saturated heterocycles. The van der Waals surface area contributed by atoms with Gasteiger partial charge in [-0.3, -0.25) is 0 Å². The van der Waals surface area contributed by atoms with Crippen molar-refractivity contribution < 1.29 is 9.53 Å². The number of nitrogens with one attached hydrogen (secondary N) is 1. The minimum Gasteiger partial charge on any atom is -0.462 e. The quantitative estimate of drug-likeness (QED) is 0.375. The van der Waals surface area contributed by atoms with Crippen molar-refractivity contribution in [1.82, 2.24) is 9.38 Å². The van der Waals surface area contributed by atoms with Gasteiger partial charge in [-0.25, -0.2) is 9.78 Å². The van der Waals surface area contributed by atoms with Crippen LogP contribution in [0.4, 0.5) is 5.69 Å². The highest BCUT2D eigenvalue weighted by atomic mass is 16.5. The Balaban J connectivity index is 1.77. The number of hydrogen-bond acceptors (Lipinski definition) is 4. The van der Waals surface area contributed by atoms with Gasteiger partial charge in [0.25, 0.3) is 0 Å². The molecule has 5 heteroatoms. The average Bonchev–Trinajstić information content (AvgIpc) is 3.12. The standard InChI is InChI=1S/C27H29N3O2/c1-3-32-27(31)24-23-17-18(2)15-16-30(23)26(25(24)28-20-10-5-4-6-11-20)22-14-13-19-9-7-8-12-21(19)29-22/h7-9,12-17,20,28H,3-6,10-11H2,1-2H3. The largest absolute Gasteiger partial charge is 0.462 e. The number of anilines is 1. The SMILES string of the molecule is CCOC(=O)c1c(NC2CCCCC2)c(-c2ccc3ccccc3n2)n2ccc(C)cc12. The summed E-state index contributed by atoms with van der Waals surface area (Å²) in [6.45, 7) is 4.24. The summed E-state index contributed by atoms with van der Waals surface area (Å²) < 4.78 is 7.60. The molecule has 3 aromatic heterocycles. The first kappa shape index (κ1) is 20.6. The van der Waals surface area contributed by atoms with Crippen LogP contribution in [0.5, 0.6) is 0 Å². The number of rotatable bonds is 5. The Kier molecular flexibility index (Phi) is 5.56. The van der Waals surface area contributed by atoms with Gasteiger partial charge in [-0.05, 0) is 56.5 Å². The number of aryl methyl sites for hydroxylation is 1. The van der Waals surface area contributed by atoms with Crippen LogP contribution >= 0.6 is 0 Å². The van der Waals surface area contributed by atoms with Crippen LogP contribution in [0.2, 0.25) is 0 Å². The molecule has 1 aromatic carbocycles. The van der Waals surface area contributed by atoms with Crippen LogP contribution in [0.15, 0.2) is 54.7 Å². The third-order valence-corrected chi connectivity index (χ3v) is 6.37. The van der Waals surface area contributed by atoms with E-state index in [0.717, 1.165) is 51.9 Å². The van der Waals surface area contributed by atoms with E-state index in [1.165, 1.54) is 19.3 Å². The lowest BCUT2D eigenvalue weighted by Crippen LogP contribution is -2.23. The molecule has 3 heterocycles. The number of pyridine rings is 2. The van der Waals surface area contributed by atoms with Gasteiger partial charge in [0.2, 0.25) is 0 Å². The van der Waals surface area contributed by atoms with Gasteiger partial charge in [0.1, 0.15) is 5.56 Å². The van der Waals surface area contributed by atoms with Crippen molar-refractivity contribution in [2.24, 2.45) is 0 Å². The Bertz CT molecular complexity index is 1290. The van der Waals surface area contributed by atoms with Crippen molar-refractivity contribution in [3.8, 4) is 11.4 Å². The molecule has 0 amide bonds. The summed E-state index contributed by atoms with van der Waals surface area (Å²) in [6, 6.07) is 16.7. The number of nitrogens with zero attached hydrogens (tertiary/aromatic N) is 2. The van der Waals surface area contributed by atoms with Crippen LogP contribution < -0.4 is 5.32 Å². The second-order valence-electron chi connectivity index (χ2n) is 8.65. The minimum absolute atomic E-state index is 0.291. The Morgan fingerprint density at radius 1 is 1.12 bits per heavy atom. The van der Waals surface area contributed by atoms with E-state index in [-0.39, 0.29) is 5.97 Å². The van der Waals surface area contributed by atoms with Crippen LogP contribution in [0.3, 0.4) is 0 Å². The zero-order valence-corrected chi connectivity index (χ0v) is 18.7. The van der Waals surface area contributed by atoms with Crippen molar-refractivity contribution in [2.75, 3.05) is 11.9 Å². The lowest BCUT2D eigenvalue weighted by atomic mass is 9.95. The summed E-state index contributed by atoms with van der Waals surface area (Å²) in [5.74, 6) is -0.291. The minimum atomic E-state index is -0.291. The van der Waals surface area contributed by atoms with Gasteiger partial charge in [0.05, 0.1) is 34.7 Å². The summed E-state index contributed by atoms with van der Waals surface area (Å²) in [4.78, 5) is 18.2. The Hall–Kier alpha value is -3.34. The highest BCUT2D eigenvalue weighted by Gasteiger charge is 2.28. The number of benzene rings is 1. The van der Waals surface area contributed by atoms with Gasteiger partial charge >= 0.3 is 5.97 Å². The van der Waals surface area contributed by atoms with Gasteiger partial charge in [-0.2, -0.15) is 0 Å². The highest BCUT2D eigenvalue weighted by Crippen LogP contribution is 2.39. The second-order valence-corrected chi connectivity index (χ2v) is 8.65. The summed E-state index contributed by atoms with van der Waals surface area (Å²) in [6.07, 6.45) is 7.95. The molecule has 32 heavy (non-hydrogen) atoms. The third kappa shape index (κ3) is 3.72. The first-order valence-electron chi connectivity index (χ1n) is 11.6. The van der Waals surface area contributed by atoms with Gasteiger partial charge < -0.3 is 14.5 Å². The Morgan fingerprint density at radius 3 is 2.75 bits per heavy atom. The van der Waals surface area contributed by atoms with E-state index in [9.17, 15) is 4.79 Å². The summed E-state index contributed by atoms with van der Waals surface area (Å²) >= 11 is 0. The van der Waals surface area contributed by atoms with Crippen molar-refractivity contribution in [3.05, 3.63) is 65.9 Å². The molecule has 0 radical (unpaired) electrons. The number of ether oxygens (including phenoxy) is 1. The van der Waals surface area contributed by atoms with E-state index in [1.807, 2.05) is 44.3 Å². The van der Waals surface area contributed by atoms with Crippen molar-refractivity contribution >= 4 is 28.1 Å². The zero-order valence-electron chi connectivity index (χ0n) is 18.7. The topological polar surface area (TPSA) is 55.6 Å². The van der Waals surface area contributed by atoms with E-state index in [1.54, 1.807) is 0 Å². The Labute approximate surface area is 188 Å². The summed E-state index contributed by atoms with van der Waals surface area (Å²) in [7, 11) is 0. The fraction of sp³-hybridized carbons (Fsp3) is 0.333. The fourth-order valence-corrected chi connectivity index (χ4v) is 4.81. The first-order chi connectivity index (χ1) is 15.7. The summed E-state index contributed by atoms with van der Waals surface area (Å²) in [5.41, 5.74) is 6.09. The van der Waals surface area contributed by atoms with E-state index in [2.05, 4.69) is 34.0 Å². The Morgan fingerprint density at radius 2 is 1.94 bits per heavy atom. The van der Waals surface area contributed by atoms with Crippen molar-refractivity contribution in [2.45, 2.75) is 52.0 Å². The molecule has 0 unspecified atom stereocenters. The normalized spacial score (nSPS) is 14.7. The molecule has 1 aliphatic rings. The molecule has 5 nitrogen and oxygen atoms in total. The molecule has 1 fully saturated rings. The van der Waals surface area contributed by atoms with Crippen LogP contribution in [-0.2, 0) is 4.74 Å². The van der Waals surface area contributed by atoms with Crippen LogP contribution in [-0.4, -0.2) is 28.0 Å². The molecule has 1 saturated carbocycles.